The molecule has 23 heavy (non-hydrogen) atoms. The molecule has 0 aliphatic carbocycles. The van der Waals surface area contributed by atoms with Crippen LogP contribution in [0.2, 0.25) is 0 Å². The average Bonchev–Trinajstić information content (AvgIpc) is 2.58. The molecule has 1 aromatic rings. The summed E-state index contributed by atoms with van der Waals surface area (Å²) >= 11 is 0. The highest BCUT2D eigenvalue weighted by molar-refractivity contribution is 5.94. The summed E-state index contributed by atoms with van der Waals surface area (Å²) in [5, 5.41) is 0. The maximum absolute atomic E-state index is 12.5. The van der Waals surface area contributed by atoms with Crippen molar-refractivity contribution in [1.29, 1.82) is 0 Å². The van der Waals surface area contributed by atoms with Crippen LogP contribution in [-0.2, 0) is 4.74 Å². The Balaban J connectivity index is 1.87. The van der Waals surface area contributed by atoms with Crippen LogP contribution in [0, 0.1) is 5.92 Å². The molecule has 4 nitrogen and oxygen atoms in total. The molecule has 0 aromatic heterocycles. The summed E-state index contributed by atoms with van der Waals surface area (Å²) < 4.78 is 11.0. The van der Waals surface area contributed by atoms with Gasteiger partial charge >= 0.3 is 0 Å². The Labute approximate surface area is 139 Å². The van der Waals surface area contributed by atoms with E-state index in [0.29, 0.717) is 23.8 Å². The minimum Gasteiger partial charge on any atom is -0.489 e. The molecule has 1 aromatic carbocycles. The lowest BCUT2D eigenvalue weighted by Crippen LogP contribution is -2.30. The SMILES string of the molecule is C=C(C)COc1cccc(C(=O)N(C)CCC2CCOCC2)c1. The van der Waals surface area contributed by atoms with Crippen LogP contribution in [-0.4, -0.2) is 44.2 Å². The van der Waals surface area contributed by atoms with Crippen molar-refractivity contribution in [2.45, 2.75) is 26.2 Å². The molecule has 1 aliphatic rings. The molecule has 0 unspecified atom stereocenters. The fourth-order valence-electron chi connectivity index (χ4n) is 2.66. The first-order valence-corrected chi connectivity index (χ1v) is 8.26. The van der Waals surface area contributed by atoms with E-state index in [2.05, 4.69) is 6.58 Å². The first kappa shape index (κ1) is 17.5. The van der Waals surface area contributed by atoms with E-state index in [1.54, 1.807) is 11.0 Å². The minimum absolute atomic E-state index is 0.0397. The molecule has 0 radical (unpaired) electrons. The molecule has 4 heteroatoms. The summed E-state index contributed by atoms with van der Waals surface area (Å²) in [6.07, 6.45) is 3.25. The lowest BCUT2D eigenvalue weighted by molar-refractivity contribution is 0.0583. The first-order chi connectivity index (χ1) is 11.1. The lowest BCUT2D eigenvalue weighted by atomic mass is 9.96. The Morgan fingerprint density at radius 1 is 1.39 bits per heavy atom. The zero-order valence-corrected chi connectivity index (χ0v) is 14.2. The third kappa shape index (κ3) is 5.71. The monoisotopic (exact) mass is 317 g/mol. The smallest absolute Gasteiger partial charge is 0.253 e. The summed E-state index contributed by atoms with van der Waals surface area (Å²) in [4.78, 5) is 14.3. The van der Waals surface area contributed by atoms with Gasteiger partial charge in [0.05, 0.1) is 0 Å². The van der Waals surface area contributed by atoms with E-state index in [9.17, 15) is 4.79 Å². The summed E-state index contributed by atoms with van der Waals surface area (Å²) in [7, 11) is 1.86. The number of benzene rings is 1. The second-order valence-corrected chi connectivity index (χ2v) is 6.34. The van der Waals surface area contributed by atoms with Crippen molar-refractivity contribution in [3.63, 3.8) is 0 Å². The van der Waals surface area contributed by atoms with E-state index in [1.807, 2.05) is 32.2 Å². The third-order valence-electron chi connectivity index (χ3n) is 4.13. The number of ether oxygens (including phenoxy) is 2. The number of nitrogens with zero attached hydrogens (tertiary/aromatic N) is 1. The molecule has 0 saturated carbocycles. The van der Waals surface area contributed by atoms with Gasteiger partial charge in [0.15, 0.2) is 0 Å². The van der Waals surface area contributed by atoms with Gasteiger partial charge in [0, 0.05) is 32.4 Å². The topological polar surface area (TPSA) is 38.8 Å². The van der Waals surface area contributed by atoms with E-state index >= 15 is 0 Å². The summed E-state index contributed by atoms with van der Waals surface area (Å²) in [5.74, 6) is 1.42. The second kappa shape index (κ2) is 8.73. The van der Waals surface area contributed by atoms with Crippen molar-refractivity contribution in [3.8, 4) is 5.75 Å². The van der Waals surface area contributed by atoms with Crippen molar-refractivity contribution in [2.24, 2.45) is 5.92 Å². The fraction of sp³-hybridized carbons (Fsp3) is 0.526. The molecule has 2 rings (SSSR count). The van der Waals surface area contributed by atoms with Gasteiger partial charge in [-0.3, -0.25) is 4.79 Å². The predicted molar refractivity (Wildman–Crippen MR) is 91.9 cm³/mol. The van der Waals surface area contributed by atoms with E-state index in [1.165, 1.54) is 0 Å². The van der Waals surface area contributed by atoms with E-state index in [-0.39, 0.29) is 5.91 Å². The Bertz CT molecular complexity index is 535. The molecule has 1 aliphatic heterocycles. The number of rotatable bonds is 7. The second-order valence-electron chi connectivity index (χ2n) is 6.34. The normalized spacial score (nSPS) is 15.2. The third-order valence-corrected chi connectivity index (χ3v) is 4.13. The van der Waals surface area contributed by atoms with Crippen LogP contribution in [0.25, 0.3) is 0 Å². The Morgan fingerprint density at radius 3 is 2.83 bits per heavy atom. The molecule has 1 saturated heterocycles. The van der Waals surface area contributed by atoms with Crippen molar-refractivity contribution in [2.75, 3.05) is 33.4 Å². The number of amides is 1. The number of carbonyl (C=O) groups is 1. The van der Waals surface area contributed by atoms with Gasteiger partial charge in [0.1, 0.15) is 12.4 Å². The van der Waals surface area contributed by atoms with Crippen LogP contribution in [0.3, 0.4) is 0 Å². The van der Waals surface area contributed by atoms with Gasteiger partial charge in [-0.1, -0.05) is 12.6 Å². The highest BCUT2D eigenvalue weighted by Crippen LogP contribution is 2.20. The van der Waals surface area contributed by atoms with E-state index < -0.39 is 0 Å². The maximum Gasteiger partial charge on any atom is 0.253 e. The number of hydrogen-bond acceptors (Lipinski definition) is 3. The van der Waals surface area contributed by atoms with Gasteiger partial charge in [-0.25, -0.2) is 0 Å². The van der Waals surface area contributed by atoms with Gasteiger partial charge in [-0.15, -0.1) is 0 Å². The van der Waals surface area contributed by atoms with Crippen LogP contribution < -0.4 is 4.74 Å². The molecule has 1 amide bonds. The van der Waals surface area contributed by atoms with Gasteiger partial charge in [0.25, 0.3) is 5.91 Å². The molecule has 0 N–H and O–H groups in total. The molecule has 0 spiro atoms. The van der Waals surface area contributed by atoms with Crippen molar-refractivity contribution >= 4 is 5.91 Å². The van der Waals surface area contributed by atoms with Crippen LogP contribution >= 0.6 is 0 Å². The van der Waals surface area contributed by atoms with Crippen LogP contribution in [0.4, 0.5) is 0 Å². The maximum atomic E-state index is 12.5. The van der Waals surface area contributed by atoms with E-state index in [4.69, 9.17) is 9.47 Å². The molecular formula is C19H27NO3. The van der Waals surface area contributed by atoms with Crippen molar-refractivity contribution in [1.82, 2.24) is 4.90 Å². The minimum atomic E-state index is 0.0397. The molecular weight excluding hydrogens is 290 g/mol. The quantitative estimate of drug-likeness (QED) is 0.722. The molecule has 126 valence electrons. The van der Waals surface area contributed by atoms with Gasteiger partial charge < -0.3 is 14.4 Å². The summed E-state index contributed by atoms with van der Waals surface area (Å²) in [6.45, 7) is 8.68. The first-order valence-electron chi connectivity index (χ1n) is 8.26. The Morgan fingerprint density at radius 2 is 2.13 bits per heavy atom. The van der Waals surface area contributed by atoms with Crippen LogP contribution in [0.5, 0.6) is 5.75 Å². The standard InChI is InChI=1S/C19H27NO3/c1-15(2)14-23-18-6-4-5-17(13-18)19(21)20(3)10-7-16-8-11-22-12-9-16/h4-6,13,16H,1,7-12,14H2,2-3H3. The zero-order chi connectivity index (χ0) is 16.7. The van der Waals surface area contributed by atoms with Crippen LogP contribution in [0.15, 0.2) is 36.4 Å². The fourth-order valence-corrected chi connectivity index (χ4v) is 2.66. The molecule has 1 fully saturated rings. The molecule has 0 atom stereocenters. The number of carbonyl (C=O) groups excluding carboxylic acids is 1. The predicted octanol–water partition coefficient (Wildman–Crippen LogP) is 3.53. The number of hydrogen-bond donors (Lipinski definition) is 0. The zero-order valence-electron chi connectivity index (χ0n) is 14.2. The molecule has 0 bridgehead atoms. The van der Waals surface area contributed by atoms with E-state index in [0.717, 1.165) is 44.6 Å². The van der Waals surface area contributed by atoms with Gasteiger partial charge in [-0.2, -0.15) is 0 Å². The highest BCUT2D eigenvalue weighted by Gasteiger charge is 2.17. The van der Waals surface area contributed by atoms with Crippen molar-refractivity contribution in [3.05, 3.63) is 42.0 Å². The van der Waals surface area contributed by atoms with Crippen LogP contribution in [0.1, 0.15) is 36.5 Å². The van der Waals surface area contributed by atoms with Gasteiger partial charge in [-0.05, 0) is 55.9 Å². The summed E-state index contributed by atoms with van der Waals surface area (Å²) in [6, 6.07) is 7.35. The highest BCUT2D eigenvalue weighted by atomic mass is 16.5. The Kier molecular flexibility index (Phi) is 6.66. The molecule has 1 heterocycles. The van der Waals surface area contributed by atoms with Gasteiger partial charge in [0.2, 0.25) is 0 Å². The lowest BCUT2D eigenvalue weighted by Gasteiger charge is -2.25. The largest absolute Gasteiger partial charge is 0.489 e. The summed E-state index contributed by atoms with van der Waals surface area (Å²) in [5.41, 5.74) is 1.62. The Hall–Kier alpha value is -1.81. The van der Waals surface area contributed by atoms with Crippen molar-refractivity contribution < 1.29 is 14.3 Å². The average molecular weight is 317 g/mol.